The monoisotopic (exact) mass is 443 g/mol. The van der Waals surface area contributed by atoms with Crippen LogP contribution < -0.4 is 5.32 Å². The van der Waals surface area contributed by atoms with Crippen LogP contribution in [0.3, 0.4) is 0 Å². The average molecular weight is 444 g/mol. The molecule has 2 fully saturated rings. The lowest BCUT2D eigenvalue weighted by atomic mass is 10.1. The smallest absolute Gasteiger partial charge is 0.217 e. The van der Waals surface area contributed by atoms with Gasteiger partial charge in [0.1, 0.15) is 0 Å². The summed E-state index contributed by atoms with van der Waals surface area (Å²) in [4.78, 5) is 15.0. The molecule has 1 N–H and O–H groups in total. The molecule has 0 bridgehead atoms. The van der Waals surface area contributed by atoms with Gasteiger partial charge in [-0.2, -0.15) is 5.10 Å². The van der Waals surface area contributed by atoms with Crippen LogP contribution in [-0.2, 0) is 16.1 Å². The van der Waals surface area contributed by atoms with Crippen molar-refractivity contribution in [2.24, 2.45) is 0 Å². The molecular formula is C23H33N5O2S. The van der Waals surface area contributed by atoms with Crippen molar-refractivity contribution in [3.05, 3.63) is 36.2 Å². The van der Waals surface area contributed by atoms with Crippen LogP contribution in [0.15, 0.2) is 35.5 Å². The molecule has 2 aromatic rings. The first-order chi connectivity index (χ1) is 15.1. The Balaban J connectivity index is 1.31. The Morgan fingerprint density at radius 2 is 1.94 bits per heavy atom. The minimum Gasteiger partial charge on any atom is -0.379 e. The van der Waals surface area contributed by atoms with Gasteiger partial charge in [0.25, 0.3) is 0 Å². The van der Waals surface area contributed by atoms with Crippen LogP contribution in [0.4, 0.5) is 0 Å². The molecule has 7 nitrogen and oxygen atoms in total. The zero-order chi connectivity index (χ0) is 21.6. The molecule has 0 saturated carbocycles. The third kappa shape index (κ3) is 6.32. The van der Waals surface area contributed by atoms with Crippen LogP contribution in [0, 0.1) is 6.92 Å². The van der Waals surface area contributed by atoms with Gasteiger partial charge in [-0.1, -0.05) is 12.1 Å². The molecule has 0 aliphatic carbocycles. The lowest BCUT2D eigenvalue weighted by molar-refractivity contribution is -0.119. The van der Waals surface area contributed by atoms with Crippen molar-refractivity contribution in [3.63, 3.8) is 0 Å². The summed E-state index contributed by atoms with van der Waals surface area (Å²) in [5.74, 6) is 0.0742. The second kappa shape index (κ2) is 10.6. The van der Waals surface area contributed by atoms with Crippen LogP contribution >= 0.6 is 11.9 Å². The summed E-state index contributed by atoms with van der Waals surface area (Å²) in [6, 6.07) is 7.00. The Morgan fingerprint density at radius 3 is 2.68 bits per heavy atom. The van der Waals surface area contributed by atoms with E-state index in [0.717, 1.165) is 70.9 Å². The highest BCUT2D eigenvalue weighted by Crippen LogP contribution is 2.31. The van der Waals surface area contributed by atoms with E-state index in [-0.39, 0.29) is 5.91 Å². The molecule has 31 heavy (non-hydrogen) atoms. The molecule has 0 spiro atoms. The van der Waals surface area contributed by atoms with Gasteiger partial charge >= 0.3 is 0 Å². The number of ether oxygens (including phenoxy) is 1. The number of nitrogens with zero attached hydrogens (tertiary/aromatic N) is 4. The first-order valence-electron chi connectivity index (χ1n) is 11.2. The standard InChI is InChI=1S/C23H33N5O2S/c1-18-3-4-20(15-23(18)31-28-11-13-30-14-12-28)21-16-24-27(17-21)10-9-26-7-5-22(6-8-26)25-19(2)29/h3-4,15-17,22H,5-14H2,1-2H3,(H,25,29). The number of aryl methyl sites for hydroxylation is 1. The number of aromatic nitrogens is 2. The first-order valence-corrected chi connectivity index (χ1v) is 12.0. The minimum absolute atomic E-state index is 0.0742. The lowest BCUT2D eigenvalue weighted by Crippen LogP contribution is -2.44. The number of carbonyl (C=O) groups is 1. The minimum atomic E-state index is 0.0742. The van der Waals surface area contributed by atoms with E-state index < -0.39 is 0 Å². The number of benzene rings is 1. The maximum Gasteiger partial charge on any atom is 0.217 e. The second-order valence-electron chi connectivity index (χ2n) is 8.42. The van der Waals surface area contributed by atoms with Crippen LogP contribution in [-0.4, -0.2) is 76.9 Å². The Hall–Kier alpha value is -1.87. The van der Waals surface area contributed by atoms with Crippen LogP contribution in [0.25, 0.3) is 11.1 Å². The number of rotatable bonds is 7. The van der Waals surface area contributed by atoms with Gasteiger partial charge in [-0.05, 0) is 48.9 Å². The van der Waals surface area contributed by atoms with Crippen molar-refractivity contribution >= 4 is 17.9 Å². The summed E-state index contributed by atoms with van der Waals surface area (Å²) in [7, 11) is 0. The Morgan fingerprint density at radius 1 is 1.16 bits per heavy atom. The summed E-state index contributed by atoms with van der Waals surface area (Å²) in [5, 5.41) is 7.64. The van der Waals surface area contributed by atoms with E-state index in [1.807, 2.05) is 22.8 Å². The Labute approximate surface area is 189 Å². The molecule has 2 aliphatic rings. The van der Waals surface area contributed by atoms with Crippen LogP contribution in [0.2, 0.25) is 0 Å². The van der Waals surface area contributed by atoms with E-state index in [2.05, 4.69) is 50.9 Å². The molecule has 1 aromatic heterocycles. The average Bonchev–Trinajstić information content (AvgIpc) is 3.24. The number of piperidine rings is 1. The van der Waals surface area contributed by atoms with Crippen molar-refractivity contribution in [1.29, 1.82) is 0 Å². The molecular weight excluding hydrogens is 410 g/mol. The van der Waals surface area contributed by atoms with E-state index >= 15 is 0 Å². The van der Waals surface area contributed by atoms with E-state index in [1.54, 1.807) is 6.92 Å². The van der Waals surface area contributed by atoms with Crippen LogP contribution in [0.5, 0.6) is 0 Å². The summed E-state index contributed by atoms with van der Waals surface area (Å²) in [5.41, 5.74) is 3.67. The van der Waals surface area contributed by atoms with Gasteiger partial charge in [-0.15, -0.1) is 0 Å². The summed E-state index contributed by atoms with van der Waals surface area (Å²) in [6.45, 7) is 11.2. The molecule has 2 saturated heterocycles. The number of morpholine rings is 1. The van der Waals surface area contributed by atoms with Crippen molar-refractivity contribution in [2.45, 2.75) is 44.2 Å². The Kier molecular flexibility index (Phi) is 7.66. The molecule has 0 atom stereocenters. The number of amides is 1. The van der Waals surface area contributed by atoms with Crippen molar-refractivity contribution in [2.75, 3.05) is 45.9 Å². The zero-order valence-electron chi connectivity index (χ0n) is 18.5. The quantitative estimate of drug-likeness (QED) is 0.664. The van der Waals surface area contributed by atoms with Gasteiger partial charge in [0, 0.05) is 62.3 Å². The summed E-state index contributed by atoms with van der Waals surface area (Å²) >= 11 is 1.83. The second-order valence-corrected chi connectivity index (χ2v) is 9.56. The van der Waals surface area contributed by atoms with Gasteiger partial charge < -0.3 is 15.0 Å². The summed E-state index contributed by atoms with van der Waals surface area (Å²) < 4.78 is 9.89. The van der Waals surface area contributed by atoms with Gasteiger partial charge in [-0.3, -0.25) is 9.48 Å². The number of nitrogens with one attached hydrogen (secondary N) is 1. The number of hydrogen-bond donors (Lipinski definition) is 1. The fourth-order valence-electron chi connectivity index (χ4n) is 4.12. The fraction of sp³-hybridized carbons (Fsp3) is 0.565. The Bertz CT molecular complexity index is 873. The first kappa shape index (κ1) is 22.3. The van der Waals surface area contributed by atoms with Crippen LogP contribution in [0.1, 0.15) is 25.3 Å². The van der Waals surface area contributed by atoms with Gasteiger partial charge in [-0.25, -0.2) is 4.31 Å². The summed E-state index contributed by atoms with van der Waals surface area (Å²) in [6.07, 6.45) is 6.17. The molecule has 1 amide bonds. The van der Waals surface area contributed by atoms with E-state index in [0.29, 0.717) is 6.04 Å². The molecule has 1 aromatic carbocycles. The number of likely N-dealkylation sites (tertiary alicyclic amines) is 1. The molecule has 2 aliphatic heterocycles. The van der Waals surface area contributed by atoms with Crippen molar-refractivity contribution in [1.82, 2.24) is 24.3 Å². The fourth-order valence-corrected chi connectivity index (χ4v) is 5.12. The number of carbonyl (C=O) groups excluding carboxylic acids is 1. The molecule has 168 valence electrons. The molecule has 4 rings (SSSR count). The molecule has 3 heterocycles. The third-order valence-corrected chi connectivity index (χ3v) is 7.25. The van der Waals surface area contributed by atoms with E-state index in [1.165, 1.54) is 16.0 Å². The predicted octanol–water partition coefficient (Wildman–Crippen LogP) is 2.80. The van der Waals surface area contributed by atoms with Crippen molar-refractivity contribution in [3.8, 4) is 11.1 Å². The maximum absolute atomic E-state index is 11.2. The SMILES string of the molecule is CC(=O)NC1CCN(CCn2cc(-c3ccc(C)c(SN4CCOCC4)c3)cn2)CC1. The molecule has 0 unspecified atom stereocenters. The van der Waals surface area contributed by atoms with Gasteiger partial charge in [0.15, 0.2) is 0 Å². The highest BCUT2D eigenvalue weighted by atomic mass is 32.2. The topological polar surface area (TPSA) is 62.6 Å². The zero-order valence-corrected chi connectivity index (χ0v) is 19.4. The van der Waals surface area contributed by atoms with E-state index in [9.17, 15) is 4.79 Å². The largest absolute Gasteiger partial charge is 0.379 e. The van der Waals surface area contributed by atoms with Gasteiger partial charge in [0.2, 0.25) is 5.91 Å². The number of hydrogen-bond acceptors (Lipinski definition) is 6. The predicted molar refractivity (Wildman–Crippen MR) is 124 cm³/mol. The molecule has 8 heteroatoms. The highest BCUT2D eigenvalue weighted by molar-refractivity contribution is 7.97. The lowest BCUT2D eigenvalue weighted by Gasteiger charge is -2.32. The highest BCUT2D eigenvalue weighted by Gasteiger charge is 2.19. The normalized spacial score (nSPS) is 18.9. The van der Waals surface area contributed by atoms with Gasteiger partial charge in [0.05, 0.1) is 26.0 Å². The van der Waals surface area contributed by atoms with E-state index in [4.69, 9.17) is 4.74 Å². The maximum atomic E-state index is 11.2. The third-order valence-electron chi connectivity index (χ3n) is 5.99. The van der Waals surface area contributed by atoms with Crippen molar-refractivity contribution < 1.29 is 9.53 Å². The molecule has 0 radical (unpaired) electrons.